The Bertz CT molecular complexity index is 914. The number of aromatic nitrogens is 2. The van der Waals surface area contributed by atoms with Crippen LogP contribution in [-0.4, -0.2) is 22.2 Å². The van der Waals surface area contributed by atoms with Crippen LogP contribution in [0.1, 0.15) is 45.7 Å². The highest BCUT2D eigenvalue weighted by Crippen LogP contribution is 2.15. The molecule has 0 bridgehead atoms. The molecular weight excluding hydrogens is 341 g/mol. The third-order valence-corrected chi connectivity index (χ3v) is 4.66. The first-order valence-electron chi connectivity index (χ1n) is 9.06. The molecule has 1 aromatic heterocycles. The highest BCUT2D eigenvalue weighted by Gasteiger charge is 2.10. The smallest absolute Gasteiger partial charge is 0.251 e. The molecule has 1 amide bonds. The molecule has 1 atom stereocenters. The molecule has 0 aliphatic heterocycles. The summed E-state index contributed by atoms with van der Waals surface area (Å²) >= 11 is 0. The van der Waals surface area contributed by atoms with Crippen LogP contribution in [0.25, 0.3) is 0 Å². The molecule has 1 heterocycles. The van der Waals surface area contributed by atoms with Gasteiger partial charge in [0.2, 0.25) is 0 Å². The molecule has 0 aliphatic carbocycles. The van der Waals surface area contributed by atoms with Crippen LogP contribution in [0, 0.1) is 19.7 Å². The number of aryl methyl sites for hydroxylation is 2. The third kappa shape index (κ3) is 4.82. The zero-order valence-electron chi connectivity index (χ0n) is 15.9. The summed E-state index contributed by atoms with van der Waals surface area (Å²) in [6.45, 7) is 7.19. The lowest BCUT2D eigenvalue weighted by Gasteiger charge is -2.13. The van der Waals surface area contributed by atoms with E-state index >= 15 is 0 Å². The number of nitrogens with zero attached hydrogens (tertiary/aromatic N) is 2. The number of benzene rings is 2. The van der Waals surface area contributed by atoms with Gasteiger partial charge < -0.3 is 5.32 Å². The largest absolute Gasteiger partial charge is 0.351 e. The molecule has 0 fully saturated rings. The number of rotatable bonds is 6. The maximum absolute atomic E-state index is 13.0. The minimum atomic E-state index is -0.254. The average Bonchev–Trinajstić information content (AvgIpc) is 2.97. The normalized spacial score (nSPS) is 12.0. The summed E-state index contributed by atoms with van der Waals surface area (Å²) in [7, 11) is 0. The topological polar surface area (TPSA) is 46.9 Å². The predicted octanol–water partition coefficient (Wildman–Crippen LogP) is 4.22. The third-order valence-electron chi connectivity index (χ3n) is 4.66. The van der Waals surface area contributed by atoms with Gasteiger partial charge in [0.05, 0.1) is 12.2 Å². The predicted molar refractivity (Wildman–Crippen MR) is 104 cm³/mol. The lowest BCUT2D eigenvalue weighted by molar-refractivity contribution is 0.0951. The number of hydrogen-bond acceptors (Lipinski definition) is 2. The highest BCUT2D eigenvalue weighted by molar-refractivity contribution is 5.94. The van der Waals surface area contributed by atoms with Gasteiger partial charge in [0.15, 0.2) is 0 Å². The van der Waals surface area contributed by atoms with Gasteiger partial charge in [-0.25, -0.2) is 4.39 Å². The molecule has 0 saturated heterocycles. The summed E-state index contributed by atoms with van der Waals surface area (Å²) in [6.07, 6.45) is 0. The molecule has 0 spiro atoms. The molecule has 5 heteroatoms. The molecule has 3 aromatic rings. The minimum Gasteiger partial charge on any atom is -0.351 e. The zero-order valence-corrected chi connectivity index (χ0v) is 15.9. The van der Waals surface area contributed by atoms with Gasteiger partial charge in [-0.15, -0.1) is 0 Å². The summed E-state index contributed by atoms with van der Waals surface area (Å²) in [5, 5.41) is 7.40. The van der Waals surface area contributed by atoms with Crippen molar-refractivity contribution in [1.82, 2.24) is 15.1 Å². The van der Waals surface area contributed by atoms with E-state index < -0.39 is 0 Å². The number of amides is 1. The molecule has 0 aliphatic rings. The lowest BCUT2D eigenvalue weighted by Crippen LogP contribution is -2.27. The van der Waals surface area contributed by atoms with Crippen molar-refractivity contribution in [2.45, 2.75) is 33.2 Å². The van der Waals surface area contributed by atoms with E-state index in [4.69, 9.17) is 0 Å². The van der Waals surface area contributed by atoms with Crippen molar-refractivity contribution >= 4 is 5.91 Å². The Hall–Kier alpha value is -2.95. The molecule has 0 radical (unpaired) electrons. The van der Waals surface area contributed by atoms with E-state index in [1.807, 2.05) is 55.8 Å². The van der Waals surface area contributed by atoms with Gasteiger partial charge in [-0.05, 0) is 61.2 Å². The van der Waals surface area contributed by atoms with Crippen LogP contribution >= 0.6 is 0 Å². The highest BCUT2D eigenvalue weighted by atomic mass is 19.1. The Balaban J connectivity index is 1.57. The molecule has 140 valence electrons. The molecule has 2 aromatic carbocycles. The molecule has 4 nitrogen and oxygen atoms in total. The van der Waals surface area contributed by atoms with Crippen molar-refractivity contribution in [3.8, 4) is 0 Å². The fourth-order valence-corrected chi connectivity index (χ4v) is 3.03. The van der Waals surface area contributed by atoms with Gasteiger partial charge >= 0.3 is 0 Å². The lowest BCUT2D eigenvalue weighted by atomic mass is 10.0. The Morgan fingerprint density at radius 3 is 2.37 bits per heavy atom. The van der Waals surface area contributed by atoms with Crippen LogP contribution in [0.5, 0.6) is 0 Å². The van der Waals surface area contributed by atoms with Crippen LogP contribution in [-0.2, 0) is 6.54 Å². The SMILES string of the molecule is Cc1cc(C)n(Cc2ccc(C(=O)NCC(C)c3ccc(F)cc3)cc2)n1. The van der Waals surface area contributed by atoms with Gasteiger partial charge in [-0.3, -0.25) is 9.48 Å². The zero-order chi connectivity index (χ0) is 19.4. The monoisotopic (exact) mass is 365 g/mol. The summed E-state index contributed by atoms with van der Waals surface area (Å²) in [6, 6.07) is 16.0. The van der Waals surface area contributed by atoms with E-state index in [2.05, 4.69) is 10.4 Å². The van der Waals surface area contributed by atoms with E-state index in [1.165, 1.54) is 12.1 Å². The van der Waals surface area contributed by atoms with Crippen LogP contribution in [0.2, 0.25) is 0 Å². The van der Waals surface area contributed by atoms with E-state index in [-0.39, 0.29) is 17.6 Å². The second kappa shape index (κ2) is 8.16. The molecular formula is C22H24FN3O. The van der Waals surface area contributed by atoms with E-state index in [9.17, 15) is 9.18 Å². The summed E-state index contributed by atoms with van der Waals surface area (Å²) in [4.78, 5) is 12.4. The fraction of sp³-hybridized carbons (Fsp3) is 0.273. The van der Waals surface area contributed by atoms with E-state index in [1.54, 1.807) is 12.1 Å². The van der Waals surface area contributed by atoms with E-state index in [0.29, 0.717) is 18.7 Å². The molecule has 27 heavy (non-hydrogen) atoms. The van der Waals surface area contributed by atoms with Crippen molar-refractivity contribution in [3.05, 3.63) is 88.5 Å². The summed E-state index contributed by atoms with van der Waals surface area (Å²) in [5.41, 5.74) is 4.83. The van der Waals surface area contributed by atoms with Gasteiger partial charge in [0.1, 0.15) is 5.82 Å². The average molecular weight is 365 g/mol. The first-order valence-corrected chi connectivity index (χ1v) is 9.06. The molecule has 3 rings (SSSR count). The molecule has 1 N–H and O–H groups in total. The standard InChI is InChI=1S/C22H24FN3O/c1-15(19-8-10-21(23)11-9-19)13-24-22(27)20-6-4-18(5-7-20)14-26-17(3)12-16(2)25-26/h4-12,15H,13-14H2,1-3H3,(H,24,27). The van der Waals surface area contributed by atoms with Crippen molar-refractivity contribution in [3.63, 3.8) is 0 Å². The maximum atomic E-state index is 13.0. The van der Waals surface area contributed by atoms with E-state index in [0.717, 1.165) is 22.5 Å². The van der Waals surface area contributed by atoms with Crippen LogP contribution in [0.3, 0.4) is 0 Å². The summed E-state index contributed by atoms with van der Waals surface area (Å²) < 4.78 is 15.0. The number of halogens is 1. The second-order valence-corrected chi connectivity index (χ2v) is 6.94. The Morgan fingerprint density at radius 1 is 1.11 bits per heavy atom. The number of carbonyl (C=O) groups excluding carboxylic acids is 1. The molecule has 1 unspecified atom stereocenters. The van der Waals surface area contributed by atoms with Crippen molar-refractivity contribution in [2.24, 2.45) is 0 Å². The van der Waals surface area contributed by atoms with Gasteiger partial charge in [0.25, 0.3) is 5.91 Å². The summed E-state index contributed by atoms with van der Waals surface area (Å²) in [5.74, 6) is -0.253. The number of nitrogens with one attached hydrogen (secondary N) is 1. The Morgan fingerprint density at radius 2 is 1.78 bits per heavy atom. The number of hydrogen-bond donors (Lipinski definition) is 1. The first-order chi connectivity index (χ1) is 12.9. The van der Waals surface area contributed by atoms with Gasteiger partial charge in [-0.1, -0.05) is 31.2 Å². The second-order valence-electron chi connectivity index (χ2n) is 6.94. The molecule has 0 saturated carbocycles. The van der Waals surface area contributed by atoms with Crippen LogP contribution in [0.4, 0.5) is 4.39 Å². The van der Waals surface area contributed by atoms with Crippen molar-refractivity contribution < 1.29 is 9.18 Å². The first kappa shape index (κ1) is 18.8. The van der Waals surface area contributed by atoms with Gasteiger partial charge in [-0.2, -0.15) is 5.10 Å². The van der Waals surface area contributed by atoms with Crippen LogP contribution in [0.15, 0.2) is 54.6 Å². The van der Waals surface area contributed by atoms with Crippen molar-refractivity contribution in [2.75, 3.05) is 6.54 Å². The Kier molecular flexibility index (Phi) is 5.69. The van der Waals surface area contributed by atoms with Crippen molar-refractivity contribution in [1.29, 1.82) is 0 Å². The van der Waals surface area contributed by atoms with Crippen LogP contribution < -0.4 is 5.32 Å². The Labute approximate surface area is 159 Å². The number of carbonyl (C=O) groups is 1. The quantitative estimate of drug-likeness (QED) is 0.711. The fourth-order valence-electron chi connectivity index (χ4n) is 3.03. The maximum Gasteiger partial charge on any atom is 0.251 e. The van der Waals surface area contributed by atoms with Gasteiger partial charge in [0, 0.05) is 17.8 Å². The minimum absolute atomic E-state index is 0.110.